The Bertz CT molecular complexity index is 487. The normalized spacial score (nSPS) is 12.4. The zero-order valence-corrected chi connectivity index (χ0v) is 10.8. The number of aromatic nitrogens is 3. The minimum atomic E-state index is -0.683. The molecule has 17 heavy (non-hydrogen) atoms. The third kappa shape index (κ3) is 2.83. The van der Waals surface area contributed by atoms with E-state index in [2.05, 4.69) is 31.1 Å². The average molecular weight is 298 g/mol. The van der Waals surface area contributed by atoms with Crippen molar-refractivity contribution in [3.05, 3.63) is 40.4 Å². The Labute approximate surface area is 107 Å². The fourth-order valence-corrected chi connectivity index (χ4v) is 2.12. The molecule has 5 nitrogen and oxygen atoms in total. The molecule has 0 fully saturated rings. The lowest BCUT2D eigenvalue weighted by Gasteiger charge is -2.09. The van der Waals surface area contributed by atoms with Crippen LogP contribution in [-0.4, -0.2) is 27.4 Å². The van der Waals surface area contributed by atoms with Crippen molar-refractivity contribution < 1.29 is 9.84 Å². The molecular formula is C11H12BrN3O2. The Morgan fingerprint density at radius 2 is 2.35 bits per heavy atom. The second kappa shape index (κ2) is 5.29. The third-order valence-corrected chi connectivity index (χ3v) is 3.01. The predicted octanol–water partition coefficient (Wildman–Crippen LogP) is 1.85. The minimum absolute atomic E-state index is 0.469. The van der Waals surface area contributed by atoms with Crippen molar-refractivity contribution in [3.8, 4) is 5.75 Å². The van der Waals surface area contributed by atoms with E-state index in [0.717, 1.165) is 15.8 Å². The highest BCUT2D eigenvalue weighted by Crippen LogP contribution is 2.27. The summed E-state index contributed by atoms with van der Waals surface area (Å²) in [4.78, 5) is 3.92. The first-order chi connectivity index (χ1) is 8.20. The Morgan fingerprint density at radius 1 is 1.53 bits per heavy atom. The highest BCUT2D eigenvalue weighted by molar-refractivity contribution is 9.10. The van der Waals surface area contributed by atoms with Crippen molar-refractivity contribution in [2.45, 2.75) is 12.5 Å². The van der Waals surface area contributed by atoms with Gasteiger partial charge < -0.3 is 9.84 Å². The molecule has 0 amide bonds. The summed E-state index contributed by atoms with van der Waals surface area (Å²) in [6, 6.07) is 5.67. The molecule has 90 valence electrons. The number of aliphatic hydroxyl groups excluding tert-OH is 1. The number of benzene rings is 1. The monoisotopic (exact) mass is 297 g/mol. The standard InChI is InChI=1S/C11H12BrN3O2/c1-17-10-3-2-7(4-8(10)12)5-9(16)11-13-6-14-15-11/h2-4,6,9,16H,5H2,1H3,(H,13,14,15). The lowest BCUT2D eigenvalue weighted by Crippen LogP contribution is -2.04. The average Bonchev–Trinajstić information content (AvgIpc) is 2.82. The molecule has 0 aliphatic carbocycles. The van der Waals surface area contributed by atoms with Crippen LogP contribution in [0.4, 0.5) is 0 Å². The molecule has 2 aromatic rings. The Hall–Kier alpha value is -1.40. The maximum Gasteiger partial charge on any atom is 0.153 e. The van der Waals surface area contributed by atoms with Crippen LogP contribution in [0.1, 0.15) is 17.5 Å². The number of aliphatic hydroxyl groups is 1. The molecule has 6 heteroatoms. The molecule has 0 aliphatic rings. The number of H-pyrrole nitrogens is 1. The van der Waals surface area contributed by atoms with Crippen LogP contribution < -0.4 is 4.74 Å². The van der Waals surface area contributed by atoms with Gasteiger partial charge in [-0.25, -0.2) is 4.98 Å². The summed E-state index contributed by atoms with van der Waals surface area (Å²) in [7, 11) is 1.61. The van der Waals surface area contributed by atoms with Gasteiger partial charge >= 0.3 is 0 Å². The lowest BCUT2D eigenvalue weighted by atomic mass is 10.1. The Balaban J connectivity index is 2.11. The predicted molar refractivity (Wildman–Crippen MR) is 65.7 cm³/mol. The third-order valence-electron chi connectivity index (χ3n) is 2.39. The minimum Gasteiger partial charge on any atom is -0.496 e. The van der Waals surface area contributed by atoms with Gasteiger partial charge in [-0.3, -0.25) is 5.10 Å². The fourth-order valence-electron chi connectivity index (χ4n) is 1.53. The maximum atomic E-state index is 9.90. The van der Waals surface area contributed by atoms with E-state index >= 15 is 0 Å². The number of aromatic amines is 1. The number of hydrogen-bond acceptors (Lipinski definition) is 4. The van der Waals surface area contributed by atoms with Gasteiger partial charge in [0.05, 0.1) is 11.6 Å². The van der Waals surface area contributed by atoms with E-state index in [4.69, 9.17) is 4.74 Å². The van der Waals surface area contributed by atoms with Gasteiger partial charge in [-0.2, -0.15) is 5.10 Å². The molecule has 1 unspecified atom stereocenters. The Kier molecular flexibility index (Phi) is 3.75. The first-order valence-corrected chi connectivity index (χ1v) is 5.85. The fraction of sp³-hybridized carbons (Fsp3) is 0.273. The van der Waals surface area contributed by atoms with Crippen LogP contribution >= 0.6 is 15.9 Å². The number of nitrogens with zero attached hydrogens (tertiary/aromatic N) is 2. The summed E-state index contributed by atoms with van der Waals surface area (Å²) in [6.07, 6.45) is 1.16. The van der Waals surface area contributed by atoms with Crippen molar-refractivity contribution in [2.75, 3.05) is 7.11 Å². The highest BCUT2D eigenvalue weighted by atomic mass is 79.9. The molecule has 0 radical (unpaired) electrons. The number of halogens is 1. The summed E-state index contributed by atoms with van der Waals surface area (Å²) >= 11 is 3.40. The van der Waals surface area contributed by atoms with Gasteiger partial charge in [-0.15, -0.1) is 0 Å². The van der Waals surface area contributed by atoms with Crippen LogP contribution in [0.2, 0.25) is 0 Å². The smallest absolute Gasteiger partial charge is 0.153 e. The first kappa shape index (κ1) is 12.1. The topological polar surface area (TPSA) is 71.0 Å². The molecule has 0 saturated carbocycles. The second-order valence-corrected chi connectivity index (χ2v) is 4.41. The Morgan fingerprint density at radius 3 is 2.94 bits per heavy atom. The summed E-state index contributed by atoms with van der Waals surface area (Å²) in [5, 5.41) is 16.3. The molecule has 0 saturated heterocycles. The van der Waals surface area contributed by atoms with Crippen molar-refractivity contribution in [3.63, 3.8) is 0 Å². The number of nitrogens with one attached hydrogen (secondary N) is 1. The molecule has 1 aromatic carbocycles. The van der Waals surface area contributed by atoms with Crippen LogP contribution in [-0.2, 0) is 6.42 Å². The van der Waals surface area contributed by atoms with Crippen molar-refractivity contribution in [2.24, 2.45) is 0 Å². The van der Waals surface area contributed by atoms with Gasteiger partial charge in [0.15, 0.2) is 5.82 Å². The summed E-state index contributed by atoms with van der Waals surface area (Å²) in [5.74, 6) is 1.24. The van der Waals surface area contributed by atoms with Gasteiger partial charge in [-0.1, -0.05) is 6.07 Å². The molecule has 1 atom stereocenters. The number of rotatable bonds is 4. The van der Waals surface area contributed by atoms with Gasteiger partial charge in [0.2, 0.25) is 0 Å². The molecule has 0 bridgehead atoms. The maximum absolute atomic E-state index is 9.90. The first-order valence-electron chi connectivity index (χ1n) is 5.06. The van der Waals surface area contributed by atoms with E-state index in [1.54, 1.807) is 7.11 Å². The van der Waals surface area contributed by atoms with Gasteiger partial charge in [0.25, 0.3) is 0 Å². The highest BCUT2D eigenvalue weighted by Gasteiger charge is 2.12. The van der Waals surface area contributed by atoms with Crippen LogP contribution in [0.5, 0.6) is 5.75 Å². The molecule has 0 aliphatic heterocycles. The van der Waals surface area contributed by atoms with Crippen LogP contribution in [0.25, 0.3) is 0 Å². The van der Waals surface area contributed by atoms with E-state index in [-0.39, 0.29) is 0 Å². The number of ether oxygens (including phenoxy) is 1. The van der Waals surface area contributed by atoms with E-state index < -0.39 is 6.10 Å². The van der Waals surface area contributed by atoms with E-state index in [1.165, 1.54) is 6.33 Å². The summed E-state index contributed by atoms with van der Waals surface area (Å²) in [6.45, 7) is 0. The molecule has 1 aromatic heterocycles. The van der Waals surface area contributed by atoms with Crippen LogP contribution in [0, 0.1) is 0 Å². The second-order valence-electron chi connectivity index (χ2n) is 3.56. The SMILES string of the molecule is COc1ccc(CC(O)c2ncn[nH]2)cc1Br. The molecule has 1 heterocycles. The summed E-state index contributed by atoms with van der Waals surface area (Å²) in [5.41, 5.74) is 0.988. The van der Waals surface area contributed by atoms with E-state index in [0.29, 0.717) is 12.2 Å². The zero-order chi connectivity index (χ0) is 12.3. The van der Waals surface area contributed by atoms with Crippen molar-refractivity contribution in [1.29, 1.82) is 0 Å². The largest absolute Gasteiger partial charge is 0.496 e. The van der Waals surface area contributed by atoms with Gasteiger partial charge in [-0.05, 0) is 33.6 Å². The molecule has 0 spiro atoms. The molecule has 2 rings (SSSR count). The van der Waals surface area contributed by atoms with Gasteiger partial charge in [0, 0.05) is 6.42 Å². The van der Waals surface area contributed by atoms with E-state index in [9.17, 15) is 5.11 Å². The molecular weight excluding hydrogens is 286 g/mol. The molecule has 2 N–H and O–H groups in total. The van der Waals surface area contributed by atoms with Crippen LogP contribution in [0.3, 0.4) is 0 Å². The number of methoxy groups -OCH3 is 1. The lowest BCUT2D eigenvalue weighted by molar-refractivity contribution is 0.168. The van der Waals surface area contributed by atoms with Crippen LogP contribution in [0.15, 0.2) is 29.0 Å². The zero-order valence-electron chi connectivity index (χ0n) is 9.22. The number of hydrogen-bond donors (Lipinski definition) is 2. The van der Waals surface area contributed by atoms with E-state index in [1.807, 2.05) is 18.2 Å². The van der Waals surface area contributed by atoms with Crippen molar-refractivity contribution >= 4 is 15.9 Å². The van der Waals surface area contributed by atoms with Crippen molar-refractivity contribution in [1.82, 2.24) is 15.2 Å². The quantitative estimate of drug-likeness (QED) is 0.903. The summed E-state index contributed by atoms with van der Waals surface area (Å²) < 4.78 is 6.00. The van der Waals surface area contributed by atoms with Gasteiger partial charge in [0.1, 0.15) is 18.2 Å².